The summed E-state index contributed by atoms with van der Waals surface area (Å²) in [7, 11) is 4.08. The molecule has 0 radical (unpaired) electrons. The zero-order chi connectivity index (χ0) is 15.4. The molecule has 0 spiro atoms. The molecule has 0 bridgehead atoms. The van der Waals surface area contributed by atoms with Crippen molar-refractivity contribution in [2.24, 2.45) is 5.73 Å². The molecule has 1 aromatic carbocycles. The Morgan fingerprint density at radius 2 is 2.24 bits per heavy atom. The van der Waals surface area contributed by atoms with E-state index < -0.39 is 0 Å². The van der Waals surface area contributed by atoms with Crippen molar-refractivity contribution < 1.29 is 4.79 Å². The number of rotatable bonds is 5. The first kappa shape index (κ1) is 15.8. The van der Waals surface area contributed by atoms with E-state index in [2.05, 4.69) is 29.2 Å². The number of hydrogen-bond acceptors (Lipinski definition) is 3. The first-order valence-corrected chi connectivity index (χ1v) is 7.81. The summed E-state index contributed by atoms with van der Waals surface area (Å²) in [5.41, 5.74) is 8.19. The quantitative estimate of drug-likeness (QED) is 0.906. The summed E-state index contributed by atoms with van der Waals surface area (Å²) in [5.74, 6) is 0.241. The maximum Gasteiger partial charge on any atom is 0.223 e. The van der Waals surface area contributed by atoms with Crippen molar-refractivity contribution in [1.82, 2.24) is 4.90 Å². The zero-order valence-corrected chi connectivity index (χ0v) is 13.4. The molecule has 1 aliphatic rings. The lowest BCUT2D eigenvalue weighted by Crippen LogP contribution is -2.31. The van der Waals surface area contributed by atoms with Gasteiger partial charge in [-0.05, 0) is 43.9 Å². The third-order valence-electron chi connectivity index (χ3n) is 4.16. The number of nitrogens with zero attached hydrogens (tertiary/aromatic N) is 2. The van der Waals surface area contributed by atoms with Crippen LogP contribution >= 0.6 is 0 Å². The summed E-state index contributed by atoms with van der Waals surface area (Å²) >= 11 is 0. The summed E-state index contributed by atoms with van der Waals surface area (Å²) in [5, 5.41) is 0. The van der Waals surface area contributed by atoms with E-state index in [9.17, 15) is 4.79 Å². The van der Waals surface area contributed by atoms with Gasteiger partial charge in [0.15, 0.2) is 0 Å². The van der Waals surface area contributed by atoms with Gasteiger partial charge in [0.1, 0.15) is 0 Å². The lowest BCUT2D eigenvalue weighted by Gasteiger charge is -2.26. The Balaban J connectivity index is 2.11. The van der Waals surface area contributed by atoms with Crippen molar-refractivity contribution in [2.45, 2.75) is 44.7 Å². The predicted octanol–water partition coefficient (Wildman–Crippen LogP) is 2.54. The van der Waals surface area contributed by atoms with E-state index in [1.807, 2.05) is 25.9 Å². The topological polar surface area (TPSA) is 49.6 Å². The molecular formula is C17H27N3O. The average Bonchev–Trinajstić information content (AvgIpc) is 2.94. The van der Waals surface area contributed by atoms with Crippen molar-refractivity contribution in [3.05, 3.63) is 29.8 Å². The molecule has 1 fully saturated rings. The molecule has 2 unspecified atom stereocenters. The number of anilines is 1. The maximum absolute atomic E-state index is 12.4. The van der Waals surface area contributed by atoms with Gasteiger partial charge in [-0.2, -0.15) is 0 Å². The highest BCUT2D eigenvalue weighted by Gasteiger charge is 2.29. The Morgan fingerprint density at radius 1 is 1.48 bits per heavy atom. The van der Waals surface area contributed by atoms with E-state index in [-0.39, 0.29) is 18.0 Å². The van der Waals surface area contributed by atoms with Crippen molar-refractivity contribution >= 4 is 11.6 Å². The maximum atomic E-state index is 12.4. The van der Waals surface area contributed by atoms with E-state index in [1.54, 1.807) is 0 Å². The predicted molar refractivity (Wildman–Crippen MR) is 87.3 cm³/mol. The van der Waals surface area contributed by atoms with Crippen LogP contribution in [-0.4, -0.2) is 37.5 Å². The normalized spacial score (nSPS) is 19.6. The number of nitrogens with two attached hydrogens (primary N) is 1. The van der Waals surface area contributed by atoms with Crippen LogP contribution in [0.15, 0.2) is 24.3 Å². The lowest BCUT2D eigenvalue weighted by atomic mass is 10.0. The zero-order valence-electron chi connectivity index (χ0n) is 13.4. The molecule has 4 nitrogen and oxygen atoms in total. The molecule has 4 heteroatoms. The SMILES string of the molecule is CC(N)CCC(=O)N1CCCC1c1cccc(N(C)C)c1. The lowest BCUT2D eigenvalue weighted by molar-refractivity contribution is -0.132. The van der Waals surface area contributed by atoms with E-state index in [1.165, 1.54) is 11.3 Å². The molecule has 21 heavy (non-hydrogen) atoms. The second kappa shape index (κ2) is 6.94. The summed E-state index contributed by atoms with van der Waals surface area (Å²) in [6.07, 6.45) is 3.46. The monoisotopic (exact) mass is 289 g/mol. The van der Waals surface area contributed by atoms with E-state index >= 15 is 0 Å². The second-order valence-corrected chi connectivity index (χ2v) is 6.25. The molecule has 1 aromatic rings. The smallest absolute Gasteiger partial charge is 0.223 e. The van der Waals surface area contributed by atoms with Crippen molar-refractivity contribution in [3.8, 4) is 0 Å². The van der Waals surface area contributed by atoms with Gasteiger partial charge in [-0.25, -0.2) is 0 Å². The first-order valence-electron chi connectivity index (χ1n) is 7.81. The summed E-state index contributed by atoms with van der Waals surface area (Å²) in [6, 6.07) is 8.82. The van der Waals surface area contributed by atoms with Gasteiger partial charge in [-0.15, -0.1) is 0 Å². The molecule has 1 heterocycles. The van der Waals surface area contributed by atoms with Crippen LogP contribution in [0.1, 0.15) is 44.2 Å². The third-order valence-corrected chi connectivity index (χ3v) is 4.16. The molecule has 2 atom stereocenters. The second-order valence-electron chi connectivity index (χ2n) is 6.25. The minimum atomic E-state index is 0.0899. The molecule has 1 aliphatic heterocycles. The van der Waals surface area contributed by atoms with Gasteiger partial charge >= 0.3 is 0 Å². The van der Waals surface area contributed by atoms with E-state index in [4.69, 9.17) is 5.73 Å². The van der Waals surface area contributed by atoms with Crippen molar-refractivity contribution in [2.75, 3.05) is 25.5 Å². The fourth-order valence-electron chi connectivity index (χ4n) is 2.92. The standard InChI is InChI=1S/C17H27N3O/c1-13(18)9-10-17(21)20-11-5-8-16(20)14-6-4-7-15(12-14)19(2)3/h4,6-7,12-13,16H,5,8-11,18H2,1-3H3. The van der Waals surface area contributed by atoms with Crippen LogP contribution in [0.25, 0.3) is 0 Å². The van der Waals surface area contributed by atoms with E-state index in [0.717, 1.165) is 25.8 Å². The van der Waals surface area contributed by atoms with Crippen LogP contribution in [0, 0.1) is 0 Å². The largest absolute Gasteiger partial charge is 0.378 e. The molecule has 0 aromatic heterocycles. The van der Waals surface area contributed by atoms with Gasteiger partial charge in [-0.3, -0.25) is 4.79 Å². The van der Waals surface area contributed by atoms with E-state index in [0.29, 0.717) is 6.42 Å². The van der Waals surface area contributed by atoms with Gasteiger partial charge in [0.25, 0.3) is 0 Å². The number of benzene rings is 1. The number of carbonyl (C=O) groups is 1. The number of likely N-dealkylation sites (tertiary alicyclic amines) is 1. The van der Waals surface area contributed by atoms with Crippen LogP contribution in [0.5, 0.6) is 0 Å². The van der Waals surface area contributed by atoms with Crippen LogP contribution in [0.3, 0.4) is 0 Å². The highest BCUT2D eigenvalue weighted by atomic mass is 16.2. The number of hydrogen-bond donors (Lipinski definition) is 1. The van der Waals surface area contributed by atoms with Crippen LogP contribution in [0.4, 0.5) is 5.69 Å². The average molecular weight is 289 g/mol. The van der Waals surface area contributed by atoms with Crippen LogP contribution < -0.4 is 10.6 Å². The molecule has 0 saturated carbocycles. The third kappa shape index (κ3) is 3.97. The summed E-state index contributed by atoms with van der Waals surface area (Å²) < 4.78 is 0. The molecule has 2 rings (SSSR count). The minimum absolute atomic E-state index is 0.0899. The Hall–Kier alpha value is -1.55. The fourth-order valence-corrected chi connectivity index (χ4v) is 2.92. The Morgan fingerprint density at radius 3 is 2.90 bits per heavy atom. The van der Waals surface area contributed by atoms with Crippen LogP contribution in [-0.2, 0) is 4.79 Å². The highest BCUT2D eigenvalue weighted by molar-refractivity contribution is 5.77. The molecule has 1 saturated heterocycles. The number of carbonyl (C=O) groups excluding carboxylic acids is 1. The Kier molecular flexibility index (Phi) is 5.23. The van der Waals surface area contributed by atoms with Gasteiger partial charge in [0.05, 0.1) is 6.04 Å². The first-order chi connectivity index (χ1) is 9.99. The highest BCUT2D eigenvalue weighted by Crippen LogP contribution is 2.34. The summed E-state index contributed by atoms with van der Waals surface area (Å²) in [6.45, 7) is 2.82. The van der Waals surface area contributed by atoms with Gasteiger partial charge in [-0.1, -0.05) is 12.1 Å². The van der Waals surface area contributed by atoms with Gasteiger partial charge in [0.2, 0.25) is 5.91 Å². The Labute approximate surface area is 127 Å². The van der Waals surface area contributed by atoms with Gasteiger partial charge in [0, 0.05) is 38.8 Å². The minimum Gasteiger partial charge on any atom is -0.378 e. The molecule has 0 aliphatic carbocycles. The van der Waals surface area contributed by atoms with Crippen molar-refractivity contribution in [1.29, 1.82) is 0 Å². The Bertz CT molecular complexity index is 485. The fraction of sp³-hybridized carbons (Fsp3) is 0.588. The molecule has 116 valence electrons. The molecule has 2 N–H and O–H groups in total. The number of amides is 1. The molecular weight excluding hydrogens is 262 g/mol. The molecule has 1 amide bonds. The summed E-state index contributed by atoms with van der Waals surface area (Å²) in [4.78, 5) is 16.5. The van der Waals surface area contributed by atoms with Gasteiger partial charge < -0.3 is 15.5 Å². The van der Waals surface area contributed by atoms with Crippen molar-refractivity contribution in [3.63, 3.8) is 0 Å². The van der Waals surface area contributed by atoms with Crippen LogP contribution in [0.2, 0.25) is 0 Å².